The molecule has 0 radical (unpaired) electrons. The van der Waals surface area contributed by atoms with Gasteiger partial charge in [0.2, 0.25) is 0 Å². The number of nitrogens with one attached hydrogen (secondary N) is 2. The molecule has 5 heteroatoms. The molecule has 118 valence electrons. The average molecular weight is 292 g/mol. The van der Waals surface area contributed by atoms with Gasteiger partial charge >= 0.3 is 0 Å². The summed E-state index contributed by atoms with van der Waals surface area (Å²) in [6, 6.07) is 2.22. The summed E-state index contributed by atoms with van der Waals surface area (Å²) < 4.78 is 0. The Labute approximate surface area is 128 Å². The molecule has 5 nitrogen and oxygen atoms in total. The molecule has 1 aliphatic rings. The molecule has 0 heterocycles. The van der Waals surface area contributed by atoms with E-state index in [-0.39, 0.29) is 17.5 Å². The second-order valence-corrected chi connectivity index (χ2v) is 5.46. The Balaban J connectivity index is 2.27. The van der Waals surface area contributed by atoms with Crippen molar-refractivity contribution in [3.05, 3.63) is 11.8 Å². The van der Waals surface area contributed by atoms with E-state index in [1.54, 1.807) is 6.20 Å². The number of carbonyl (C=O) groups is 1. The van der Waals surface area contributed by atoms with Gasteiger partial charge in [0.05, 0.1) is 0 Å². The van der Waals surface area contributed by atoms with Crippen LogP contribution in [-0.2, 0) is 4.79 Å². The summed E-state index contributed by atoms with van der Waals surface area (Å²) in [5, 5.41) is 15.1. The summed E-state index contributed by atoms with van der Waals surface area (Å²) in [5.41, 5.74) is 0.171. The van der Waals surface area contributed by atoms with Gasteiger partial charge < -0.3 is 15.5 Å². The van der Waals surface area contributed by atoms with Crippen LogP contribution in [0.25, 0.3) is 0 Å². The fourth-order valence-corrected chi connectivity index (χ4v) is 2.60. The molecular formula is C16H28N4O. The first-order valence-electron chi connectivity index (χ1n) is 8.08. The van der Waals surface area contributed by atoms with Gasteiger partial charge in [0.1, 0.15) is 11.6 Å². The van der Waals surface area contributed by atoms with Crippen molar-refractivity contribution in [2.75, 3.05) is 26.2 Å². The van der Waals surface area contributed by atoms with E-state index in [4.69, 9.17) is 5.26 Å². The Kier molecular flexibility index (Phi) is 8.53. The molecule has 0 spiro atoms. The number of carbonyl (C=O) groups excluding carboxylic acids is 1. The molecule has 0 aromatic carbocycles. The van der Waals surface area contributed by atoms with E-state index in [2.05, 4.69) is 29.4 Å². The third-order valence-corrected chi connectivity index (χ3v) is 3.99. The lowest BCUT2D eigenvalue weighted by atomic mass is 10.2. The summed E-state index contributed by atoms with van der Waals surface area (Å²) in [4.78, 5) is 14.3. The molecule has 21 heavy (non-hydrogen) atoms. The normalized spacial score (nSPS) is 16.0. The van der Waals surface area contributed by atoms with Gasteiger partial charge in [0.25, 0.3) is 5.91 Å². The molecule has 0 aliphatic heterocycles. The van der Waals surface area contributed by atoms with Crippen molar-refractivity contribution in [1.29, 1.82) is 5.26 Å². The molecule has 0 aromatic heterocycles. The van der Waals surface area contributed by atoms with Crippen molar-refractivity contribution < 1.29 is 4.79 Å². The third kappa shape index (κ3) is 6.63. The third-order valence-electron chi connectivity index (χ3n) is 3.99. The van der Waals surface area contributed by atoms with Crippen molar-refractivity contribution in [1.82, 2.24) is 15.5 Å². The predicted molar refractivity (Wildman–Crippen MR) is 84.5 cm³/mol. The Morgan fingerprint density at radius 2 is 2.00 bits per heavy atom. The highest BCUT2D eigenvalue weighted by atomic mass is 16.1. The maximum atomic E-state index is 11.9. The van der Waals surface area contributed by atoms with Crippen LogP contribution in [-0.4, -0.2) is 43.0 Å². The molecular weight excluding hydrogens is 264 g/mol. The average Bonchev–Trinajstić information content (AvgIpc) is 2.99. The molecule has 0 atom stereocenters. The Bertz CT molecular complexity index is 376. The summed E-state index contributed by atoms with van der Waals surface area (Å²) in [6.45, 7) is 8.22. The minimum absolute atomic E-state index is 0.171. The summed E-state index contributed by atoms with van der Waals surface area (Å²) >= 11 is 0. The Morgan fingerprint density at radius 3 is 2.57 bits per heavy atom. The highest BCUT2D eigenvalue weighted by Crippen LogP contribution is 2.17. The standard InChI is InChI=1S/C16H28N4O/c1-3-20(4-2)11-7-10-18-13-14(12-17)16(21)19-15-8-5-6-9-15/h13,15,18H,3-11H2,1-2H3,(H,19,21)/b14-13-. The lowest BCUT2D eigenvalue weighted by Gasteiger charge is -2.17. The van der Waals surface area contributed by atoms with Crippen molar-refractivity contribution >= 4 is 5.91 Å². The zero-order valence-electron chi connectivity index (χ0n) is 13.3. The molecule has 0 bridgehead atoms. The first-order chi connectivity index (χ1) is 10.2. The molecule has 0 unspecified atom stereocenters. The molecule has 0 aromatic rings. The topological polar surface area (TPSA) is 68.2 Å². The highest BCUT2D eigenvalue weighted by molar-refractivity contribution is 5.97. The van der Waals surface area contributed by atoms with Gasteiger partial charge in [0.15, 0.2) is 0 Å². The molecule has 1 rings (SSSR count). The van der Waals surface area contributed by atoms with E-state index < -0.39 is 0 Å². The maximum absolute atomic E-state index is 11.9. The zero-order chi connectivity index (χ0) is 15.5. The van der Waals surface area contributed by atoms with Gasteiger partial charge in [-0.25, -0.2) is 0 Å². The molecule has 0 saturated heterocycles. The summed E-state index contributed by atoms with van der Waals surface area (Å²) in [5.74, 6) is -0.249. The van der Waals surface area contributed by atoms with Gasteiger partial charge in [-0.15, -0.1) is 0 Å². The van der Waals surface area contributed by atoms with E-state index in [0.29, 0.717) is 0 Å². The van der Waals surface area contributed by atoms with Crippen LogP contribution < -0.4 is 10.6 Å². The highest BCUT2D eigenvalue weighted by Gasteiger charge is 2.19. The fourth-order valence-electron chi connectivity index (χ4n) is 2.60. The van der Waals surface area contributed by atoms with Gasteiger partial charge in [0, 0.05) is 18.8 Å². The summed E-state index contributed by atoms with van der Waals surface area (Å²) in [6.07, 6.45) is 6.94. The van der Waals surface area contributed by atoms with Crippen LogP contribution in [0.4, 0.5) is 0 Å². The van der Waals surface area contributed by atoms with Gasteiger partial charge in [-0.3, -0.25) is 4.79 Å². The second kappa shape index (κ2) is 10.2. The van der Waals surface area contributed by atoms with Crippen molar-refractivity contribution in [2.45, 2.75) is 52.0 Å². The van der Waals surface area contributed by atoms with Crippen LogP contribution in [0.5, 0.6) is 0 Å². The molecule has 2 N–H and O–H groups in total. The molecule has 1 saturated carbocycles. The van der Waals surface area contributed by atoms with Crippen LogP contribution in [0.3, 0.4) is 0 Å². The van der Waals surface area contributed by atoms with Crippen LogP contribution >= 0.6 is 0 Å². The monoisotopic (exact) mass is 292 g/mol. The molecule has 1 aliphatic carbocycles. The molecule has 1 fully saturated rings. The number of hydrogen-bond acceptors (Lipinski definition) is 4. The second-order valence-electron chi connectivity index (χ2n) is 5.46. The zero-order valence-corrected chi connectivity index (χ0v) is 13.3. The van der Waals surface area contributed by atoms with Gasteiger partial charge in [-0.05, 0) is 38.9 Å². The van der Waals surface area contributed by atoms with Crippen LogP contribution in [0.1, 0.15) is 46.0 Å². The number of hydrogen-bond donors (Lipinski definition) is 2. The maximum Gasteiger partial charge on any atom is 0.263 e. The first-order valence-corrected chi connectivity index (χ1v) is 8.08. The largest absolute Gasteiger partial charge is 0.390 e. The van der Waals surface area contributed by atoms with Gasteiger partial charge in [-0.2, -0.15) is 5.26 Å². The van der Waals surface area contributed by atoms with E-state index >= 15 is 0 Å². The van der Waals surface area contributed by atoms with E-state index in [1.165, 1.54) is 12.8 Å². The first kappa shape index (κ1) is 17.5. The Hall–Kier alpha value is -1.54. The number of rotatable bonds is 9. The number of amides is 1. The lowest BCUT2D eigenvalue weighted by Crippen LogP contribution is -2.34. The van der Waals surface area contributed by atoms with Crippen molar-refractivity contribution in [2.24, 2.45) is 0 Å². The van der Waals surface area contributed by atoms with E-state index in [1.807, 2.05) is 6.07 Å². The van der Waals surface area contributed by atoms with Crippen molar-refractivity contribution in [3.63, 3.8) is 0 Å². The SMILES string of the molecule is CCN(CC)CCCN/C=C(/C#N)C(=O)NC1CCCC1. The summed E-state index contributed by atoms with van der Waals surface area (Å²) in [7, 11) is 0. The number of nitriles is 1. The van der Waals surface area contributed by atoms with E-state index in [0.717, 1.165) is 45.4 Å². The van der Waals surface area contributed by atoms with Crippen LogP contribution in [0.2, 0.25) is 0 Å². The van der Waals surface area contributed by atoms with Crippen LogP contribution in [0.15, 0.2) is 11.8 Å². The molecule has 1 amide bonds. The van der Waals surface area contributed by atoms with Crippen LogP contribution in [0, 0.1) is 11.3 Å². The number of nitrogens with zero attached hydrogens (tertiary/aromatic N) is 2. The minimum atomic E-state index is -0.249. The lowest BCUT2D eigenvalue weighted by molar-refractivity contribution is -0.117. The van der Waals surface area contributed by atoms with E-state index in [9.17, 15) is 4.79 Å². The predicted octanol–water partition coefficient (Wildman–Crippen LogP) is 1.77. The fraction of sp³-hybridized carbons (Fsp3) is 0.750. The van der Waals surface area contributed by atoms with Crippen molar-refractivity contribution in [3.8, 4) is 6.07 Å². The quantitative estimate of drug-likeness (QED) is 0.386. The van der Waals surface area contributed by atoms with Gasteiger partial charge in [-0.1, -0.05) is 26.7 Å². The minimum Gasteiger partial charge on any atom is -0.390 e. The smallest absolute Gasteiger partial charge is 0.263 e. The Morgan fingerprint density at radius 1 is 1.33 bits per heavy atom.